The Bertz CT molecular complexity index is 279. The van der Waals surface area contributed by atoms with E-state index in [1.54, 1.807) is 6.92 Å². The van der Waals surface area contributed by atoms with Crippen molar-refractivity contribution >= 4 is 15.9 Å². The lowest BCUT2D eigenvalue weighted by Crippen LogP contribution is -2.23. The van der Waals surface area contributed by atoms with Gasteiger partial charge < -0.3 is 10.8 Å². The molecule has 2 atom stereocenters. The molecular weight excluding hydrogens is 230 g/mol. The molecule has 0 spiro atoms. The van der Waals surface area contributed by atoms with Crippen LogP contribution in [-0.2, 0) is 0 Å². The average molecular weight is 244 g/mol. The Labute approximate surface area is 86.9 Å². The number of hydrogen-bond acceptors (Lipinski definition) is 2. The summed E-state index contributed by atoms with van der Waals surface area (Å²) < 4.78 is 0.999. The Kier molecular flexibility index (Phi) is 3.47. The van der Waals surface area contributed by atoms with Crippen LogP contribution in [0.3, 0.4) is 0 Å². The molecule has 13 heavy (non-hydrogen) atoms. The van der Waals surface area contributed by atoms with Crippen LogP contribution < -0.4 is 5.73 Å². The lowest BCUT2D eigenvalue weighted by Gasteiger charge is -2.15. The molecule has 0 aliphatic heterocycles. The molecule has 1 aromatic rings. The Morgan fingerprint density at radius 2 is 2.00 bits per heavy atom. The second-order valence-electron chi connectivity index (χ2n) is 3.33. The molecule has 0 saturated heterocycles. The standard InChI is InChI=1S/C10H14BrNO/c1-6-3-8(5-9(11)4-6)10(12)7(2)13/h3-5,7,10,13H,12H2,1-2H3/t7-,10+/m0/s1. The molecule has 0 unspecified atom stereocenters. The van der Waals surface area contributed by atoms with E-state index in [1.807, 2.05) is 25.1 Å². The summed E-state index contributed by atoms with van der Waals surface area (Å²) in [5, 5.41) is 9.32. The molecule has 0 heterocycles. The third-order valence-electron chi connectivity index (χ3n) is 1.97. The second-order valence-corrected chi connectivity index (χ2v) is 4.24. The summed E-state index contributed by atoms with van der Waals surface area (Å²) in [6.07, 6.45) is -0.520. The fraction of sp³-hybridized carbons (Fsp3) is 0.400. The van der Waals surface area contributed by atoms with Gasteiger partial charge >= 0.3 is 0 Å². The van der Waals surface area contributed by atoms with E-state index in [-0.39, 0.29) is 6.04 Å². The summed E-state index contributed by atoms with van der Waals surface area (Å²) in [6.45, 7) is 3.70. The number of hydrogen-bond donors (Lipinski definition) is 2. The number of aliphatic hydroxyl groups excluding tert-OH is 1. The van der Waals surface area contributed by atoms with Crippen molar-refractivity contribution in [2.24, 2.45) is 5.73 Å². The first kappa shape index (κ1) is 10.7. The van der Waals surface area contributed by atoms with Gasteiger partial charge in [-0.2, -0.15) is 0 Å². The van der Waals surface area contributed by atoms with Gasteiger partial charge in [0, 0.05) is 4.47 Å². The van der Waals surface area contributed by atoms with Crippen LogP contribution in [0, 0.1) is 6.92 Å². The minimum Gasteiger partial charge on any atom is -0.391 e. The fourth-order valence-electron chi connectivity index (χ4n) is 1.24. The zero-order valence-corrected chi connectivity index (χ0v) is 9.38. The van der Waals surface area contributed by atoms with Crippen molar-refractivity contribution in [2.45, 2.75) is 26.0 Å². The third kappa shape index (κ3) is 2.79. The molecule has 1 aromatic carbocycles. The molecule has 0 fully saturated rings. The molecule has 2 nitrogen and oxygen atoms in total. The van der Waals surface area contributed by atoms with Crippen molar-refractivity contribution in [1.29, 1.82) is 0 Å². The van der Waals surface area contributed by atoms with Gasteiger partial charge in [0.2, 0.25) is 0 Å². The highest BCUT2D eigenvalue weighted by molar-refractivity contribution is 9.10. The van der Waals surface area contributed by atoms with Crippen LogP contribution in [0.1, 0.15) is 24.1 Å². The number of aliphatic hydroxyl groups is 1. The first-order valence-electron chi connectivity index (χ1n) is 4.21. The van der Waals surface area contributed by atoms with Crippen molar-refractivity contribution in [2.75, 3.05) is 0 Å². The maximum atomic E-state index is 9.32. The molecule has 0 bridgehead atoms. The second kappa shape index (κ2) is 4.22. The largest absolute Gasteiger partial charge is 0.391 e. The Morgan fingerprint density at radius 3 is 2.46 bits per heavy atom. The summed E-state index contributed by atoms with van der Waals surface area (Å²) in [4.78, 5) is 0. The number of aryl methyl sites for hydroxylation is 1. The molecule has 1 rings (SSSR count). The summed E-state index contributed by atoms with van der Waals surface area (Å²) in [5.41, 5.74) is 7.90. The topological polar surface area (TPSA) is 46.2 Å². The predicted molar refractivity (Wildman–Crippen MR) is 57.5 cm³/mol. The first-order chi connectivity index (χ1) is 6.00. The van der Waals surface area contributed by atoms with Crippen molar-refractivity contribution in [3.05, 3.63) is 33.8 Å². The zero-order valence-electron chi connectivity index (χ0n) is 7.79. The van der Waals surface area contributed by atoms with Crippen LogP contribution in [0.4, 0.5) is 0 Å². The van der Waals surface area contributed by atoms with Gasteiger partial charge in [0.05, 0.1) is 12.1 Å². The smallest absolute Gasteiger partial charge is 0.0704 e. The number of benzene rings is 1. The number of halogens is 1. The maximum Gasteiger partial charge on any atom is 0.0704 e. The van der Waals surface area contributed by atoms with E-state index in [9.17, 15) is 5.11 Å². The summed E-state index contributed by atoms with van der Waals surface area (Å²) in [7, 11) is 0. The molecule has 0 saturated carbocycles. The van der Waals surface area contributed by atoms with E-state index in [0.29, 0.717) is 0 Å². The van der Waals surface area contributed by atoms with Crippen molar-refractivity contribution in [1.82, 2.24) is 0 Å². The van der Waals surface area contributed by atoms with Gasteiger partial charge in [-0.05, 0) is 37.1 Å². The number of nitrogens with two attached hydrogens (primary N) is 1. The van der Waals surface area contributed by atoms with Crippen molar-refractivity contribution in [3.63, 3.8) is 0 Å². The summed E-state index contributed by atoms with van der Waals surface area (Å²) >= 11 is 3.39. The minimum atomic E-state index is -0.520. The van der Waals surface area contributed by atoms with Gasteiger partial charge in [0.15, 0.2) is 0 Å². The number of rotatable bonds is 2. The third-order valence-corrected chi connectivity index (χ3v) is 2.43. The Hall–Kier alpha value is -0.380. The highest BCUT2D eigenvalue weighted by Gasteiger charge is 2.12. The van der Waals surface area contributed by atoms with Crippen LogP contribution in [-0.4, -0.2) is 11.2 Å². The van der Waals surface area contributed by atoms with Crippen LogP contribution in [0.2, 0.25) is 0 Å². The molecule has 0 amide bonds. The van der Waals surface area contributed by atoms with E-state index in [1.165, 1.54) is 0 Å². The molecular formula is C10H14BrNO. The molecule has 3 heteroatoms. The van der Waals surface area contributed by atoms with Crippen LogP contribution in [0.5, 0.6) is 0 Å². The minimum absolute atomic E-state index is 0.309. The first-order valence-corrected chi connectivity index (χ1v) is 5.00. The van der Waals surface area contributed by atoms with Gasteiger partial charge in [-0.1, -0.05) is 22.0 Å². The lowest BCUT2D eigenvalue weighted by molar-refractivity contribution is 0.164. The molecule has 0 radical (unpaired) electrons. The van der Waals surface area contributed by atoms with Crippen molar-refractivity contribution in [3.8, 4) is 0 Å². The van der Waals surface area contributed by atoms with Crippen LogP contribution in [0.15, 0.2) is 22.7 Å². The molecule has 0 aliphatic rings. The highest BCUT2D eigenvalue weighted by atomic mass is 79.9. The van der Waals surface area contributed by atoms with E-state index >= 15 is 0 Å². The molecule has 3 N–H and O–H groups in total. The normalized spacial score (nSPS) is 15.5. The van der Waals surface area contributed by atoms with E-state index in [2.05, 4.69) is 15.9 Å². The van der Waals surface area contributed by atoms with Gasteiger partial charge in [0.25, 0.3) is 0 Å². The average Bonchev–Trinajstić information content (AvgIpc) is 2.01. The molecule has 0 aromatic heterocycles. The summed E-state index contributed by atoms with van der Waals surface area (Å²) in [6, 6.07) is 5.63. The summed E-state index contributed by atoms with van der Waals surface area (Å²) in [5.74, 6) is 0. The fourth-order valence-corrected chi connectivity index (χ4v) is 1.86. The van der Waals surface area contributed by atoms with E-state index in [4.69, 9.17) is 5.73 Å². The lowest BCUT2D eigenvalue weighted by atomic mass is 10.0. The Balaban J connectivity index is 3.01. The van der Waals surface area contributed by atoms with Gasteiger partial charge in [-0.3, -0.25) is 0 Å². The van der Waals surface area contributed by atoms with Gasteiger partial charge in [0.1, 0.15) is 0 Å². The van der Waals surface area contributed by atoms with Crippen LogP contribution in [0.25, 0.3) is 0 Å². The van der Waals surface area contributed by atoms with Gasteiger partial charge in [-0.15, -0.1) is 0 Å². The van der Waals surface area contributed by atoms with Crippen LogP contribution >= 0.6 is 15.9 Å². The highest BCUT2D eigenvalue weighted by Crippen LogP contribution is 2.21. The van der Waals surface area contributed by atoms with E-state index in [0.717, 1.165) is 15.6 Å². The molecule has 72 valence electrons. The predicted octanol–water partition coefficient (Wildman–Crippen LogP) is 2.14. The Morgan fingerprint density at radius 1 is 1.38 bits per heavy atom. The zero-order chi connectivity index (χ0) is 10.0. The SMILES string of the molecule is Cc1cc(Br)cc([C@H](N)[C@H](C)O)c1. The van der Waals surface area contributed by atoms with Crippen molar-refractivity contribution < 1.29 is 5.11 Å². The maximum absolute atomic E-state index is 9.32. The monoisotopic (exact) mass is 243 g/mol. The van der Waals surface area contributed by atoms with E-state index < -0.39 is 6.10 Å². The van der Waals surface area contributed by atoms with Gasteiger partial charge in [-0.25, -0.2) is 0 Å². The quantitative estimate of drug-likeness (QED) is 0.837. The molecule has 0 aliphatic carbocycles.